The molecule has 9 heteroatoms. The summed E-state index contributed by atoms with van der Waals surface area (Å²) >= 11 is 3.46. The molecule has 3 rings (SSSR count). The highest BCUT2D eigenvalue weighted by molar-refractivity contribution is 9.10. The molecule has 0 spiro atoms. The highest BCUT2D eigenvalue weighted by atomic mass is 79.9. The summed E-state index contributed by atoms with van der Waals surface area (Å²) < 4.78 is 26.8. The van der Waals surface area contributed by atoms with E-state index in [0.717, 1.165) is 42.3 Å². The first-order valence-corrected chi connectivity index (χ1v) is 12.6. The summed E-state index contributed by atoms with van der Waals surface area (Å²) in [5, 5.41) is 3.44. The van der Waals surface area contributed by atoms with Crippen LogP contribution in [0.3, 0.4) is 0 Å². The Morgan fingerprint density at radius 2 is 2.06 bits per heavy atom. The SMILES string of the molecule is CCN(CC)CCCC(C)N=C(N)NC(=O)c1cccc(F)c1OCc1cc(Br)cc2ccoc12. The number of ether oxygens (including phenoxy) is 1. The summed E-state index contributed by atoms with van der Waals surface area (Å²) in [7, 11) is 0. The Balaban J connectivity index is 1.66. The van der Waals surface area contributed by atoms with Crippen LogP contribution >= 0.6 is 15.9 Å². The Morgan fingerprint density at radius 3 is 2.80 bits per heavy atom. The van der Waals surface area contributed by atoms with Gasteiger partial charge in [-0.2, -0.15) is 0 Å². The molecule has 1 unspecified atom stereocenters. The van der Waals surface area contributed by atoms with E-state index < -0.39 is 11.7 Å². The molecule has 0 aliphatic rings. The van der Waals surface area contributed by atoms with Crippen molar-refractivity contribution >= 4 is 38.8 Å². The number of hydrogen-bond acceptors (Lipinski definition) is 5. The predicted octanol–water partition coefficient (Wildman–Crippen LogP) is 5.47. The molecule has 0 saturated carbocycles. The lowest BCUT2D eigenvalue weighted by Gasteiger charge is -2.18. The molecule has 0 saturated heterocycles. The van der Waals surface area contributed by atoms with E-state index in [4.69, 9.17) is 14.9 Å². The topological polar surface area (TPSA) is 93.1 Å². The fourth-order valence-corrected chi connectivity index (χ4v) is 4.40. The molecule has 1 amide bonds. The van der Waals surface area contributed by atoms with Gasteiger partial charge < -0.3 is 19.8 Å². The second kappa shape index (κ2) is 12.7. The van der Waals surface area contributed by atoms with Gasteiger partial charge in [0.1, 0.15) is 12.2 Å². The van der Waals surface area contributed by atoms with E-state index in [1.54, 1.807) is 6.26 Å². The summed E-state index contributed by atoms with van der Waals surface area (Å²) in [6, 6.07) is 9.70. The second-order valence-electron chi connectivity index (χ2n) is 8.30. The van der Waals surface area contributed by atoms with E-state index >= 15 is 0 Å². The zero-order chi connectivity index (χ0) is 25.4. The summed E-state index contributed by atoms with van der Waals surface area (Å²) in [6.45, 7) is 9.25. The van der Waals surface area contributed by atoms with Gasteiger partial charge in [0.2, 0.25) is 0 Å². The summed E-state index contributed by atoms with van der Waals surface area (Å²) in [5.41, 5.74) is 7.36. The number of aliphatic imine (C=N–C) groups is 1. The lowest BCUT2D eigenvalue weighted by Crippen LogP contribution is -2.38. The number of nitrogens with two attached hydrogens (primary N) is 1. The largest absolute Gasteiger partial charge is 0.485 e. The molecule has 3 aromatic rings. The first-order valence-electron chi connectivity index (χ1n) is 11.8. The van der Waals surface area contributed by atoms with Gasteiger partial charge >= 0.3 is 0 Å². The lowest BCUT2D eigenvalue weighted by atomic mass is 10.1. The molecule has 0 bridgehead atoms. The first-order chi connectivity index (χ1) is 16.8. The van der Waals surface area contributed by atoms with E-state index in [1.165, 1.54) is 18.2 Å². The van der Waals surface area contributed by atoms with Crippen LogP contribution in [0, 0.1) is 5.82 Å². The van der Waals surface area contributed by atoms with Crippen LogP contribution in [0.4, 0.5) is 4.39 Å². The number of rotatable bonds is 11. The van der Waals surface area contributed by atoms with Crippen molar-refractivity contribution in [2.24, 2.45) is 10.7 Å². The molecule has 35 heavy (non-hydrogen) atoms. The molecular formula is C26H32BrFN4O3. The molecular weight excluding hydrogens is 515 g/mol. The number of fused-ring (bicyclic) bond motifs is 1. The predicted molar refractivity (Wildman–Crippen MR) is 140 cm³/mol. The Hall–Kier alpha value is -2.91. The maximum Gasteiger partial charge on any atom is 0.261 e. The smallest absolute Gasteiger partial charge is 0.261 e. The number of carbonyl (C=O) groups is 1. The maximum absolute atomic E-state index is 14.7. The number of hydrogen-bond donors (Lipinski definition) is 2. The van der Waals surface area contributed by atoms with Gasteiger partial charge in [0.25, 0.3) is 5.91 Å². The zero-order valence-corrected chi connectivity index (χ0v) is 21.9. The fourth-order valence-electron chi connectivity index (χ4n) is 3.88. The number of furan rings is 1. The number of para-hydroxylation sites is 1. The Bertz CT molecular complexity index is 1180. The van der Waals surface area contributed by atoms with Crippen molar-refractivity contribution < 1.29 is 18.3 Å². The van der Waals surface area contributed by atoms with E-state index in [9.17, 15) is 9.18 Å². The van der Waals surface area contributed by atoms with Gasteiger partial charge in [-0.25, -0.2) is 4.39 Å². The molecule has 1 aromatic heterocycles. The molecule has 0 fully saturated rings. The highest BCUT2D eigenvalue weighted by Gasteiger charge is 2.19. The van der Waals surface area contributed by atoms with Crippen molar-refractivity contribution in [2.45, 2.75) is 46.3 Å². The Morgan fingerprint density at radius 1 is 1.29 bits per heavy atom. The zero-order valence-electron chi connectivity index (χ0n) is 20.3. The first kappa shape index (κ1) is 26.7. The van der Waals surface area contributed by atoms with Gasteiger partial charge in [0.15, 0.2) is 17.5 Å². The third-order valence-electron chi connectivity index (χ3n) is 5.77. The van der Waals surface area contributed by atoms with Crippen molar-refractivity contribution in [3.8, 4) is 5.75 Å². The number of amides is 1. The van der Waals surface area contributed by atoms with E-state index in [0.29, 0.717) is 11.1 Å². The van der Waals surface area contributed by atoms with Crippen LogP contribution in [0.25, 0.3) is 11.0 Å². The van der Waals surface area contributed by atoms with Crippen LogP contribution in [0.5, 0.6) is 5.75 Å². The van der Waals surface area contributed by atoms with Crippen LogP contribution in [-0.4, -0.2) is 42.4 Å². The fraction of sp³-hybridized carbons (Fsp3) is 0.385. The van der Waals surface area contributed by atoms with Crippen molar-refractivity contribution in [3.05, 3.63) is 64.1 Å². The van der Waals surface area contributed by atoms with Crippen LogP contribution in [0.15, 0.2) is 56.5 Å². The highest BCUT2D eigenvalue weighted by Crippen LogP contribution is 2.28. The van der Waals surface area contributed by atoms with Crippen LogP contribution in [0.1, 0.15) is 49.5 Å². The van der Waals surface area contributed by atoms with E-state index in [-0.39, 0.29) is 29.9 Å². The maximum atomic E-state index is 14.7. The van der Waals surface area contributed by atoms with Crippen molar-refractivity contribution in [3.63, 3.8) is 0 Å². The number of halogens is 2. The molecule has 1 atom stereocenters. The van der Waals surface area contributed by atoms with Gasteiger partial charge in [-0.1, -0.05) is 35.8 Å². The Kier molecular flexibility index (Phi) is 9.68. The van der Waals surface area contributed by atoms with Gasteiger partial charge in [0, 0.05) is 15.4 Å². The summed E-state index contributed by atoms with van der Waals surface area (Å²) in [4.78, 5) is 19.6. The molecule has 7 nitrogen and oxygen atoms in total. The third kappa shape index (κ3) is 7.29. The van der Waals surface area contributed by atoms with E-state index in [1.807, 2.05) is 25.1 Å². The standard InChI is InChI=1S/C26H32BrFN4O3/c1-4-32(5-2)12-7-8-17(3)30-26(29)31-25(33)21-9-6-10-22(28)24(21)35-16-19-15-20(27)14-18-11-13-34-23(18)19/h6,9-11,13-15,17H,4-5,7-8,12,16H2,1-3H3,(H3,29,30,31,33). The molecule has 0 aliphatic carbocycles. The van der Waals surface area contributed by atoms with Crippen LogP contribution in [0.2, 0.25) is 0 Å². The average Bonchev–Trinajstić information content (AvgIpc) is 3.29. The minimum Gasteiger partial charge on any atom is -0.485 e. The quantitative estimate of drug-likeness (QED) is 0.245. The minimum atomic E-state index is -0.649. The molecule has 188 valence electrons. The minimum absolute atomic E-state index is 0.00941. The number of carbonyl (C=O) groups excluding carboxylic acids is 1. The van der Waals surface area contributed by atoms with Crippen LogP contribution < -0.4 is 15.8 Å². The molecule has 0 radical (unpaired) electrons. The average molecular weight is 547 g/mol. The Labute approximate surface area is 213 Å². The summed E-state index contributed by atoms with van der Waals surface area (Å²) in [6.07, 6.45) is 3.40. The number of guanidine groups is 1. The molecule has 2 aromatic carbocycles. The molecule has 1 heterocycles. The van der Waals surface area contributed by atoms with E-state index in [2.05, 4.69) is 45.0 Å². The van der Waals surface area contributed by atoms with Gasteiger partial charge in [-0.3, -0.25) is 15.1 Å². The van der Waals surface area contributed by atoms with Gasteiger partial charge in [0.05, 0.1) is 17.9 Å². The van der Waals surface area contributed by atoms with Crippen LogP contribution in [-0.2, 0) is 6.61 Å². The number of nitrogens with zero attached hydrogens (tertiary/aromatic N) is 2. The van der Waals surface area contributed by atoms with Crippen molar-refractivity contribution in [1.82, 2.24) is 10.2 Å². The van der Waals surface area contributed by atoms with Gasteiger partial charge in [-0.15, -0.1) is 0 Å². The second-order valence-corrected chi connectivity index (χ2v) is 9.21. The third-order valence-corrected chi connectivity index (χ3v) is 6.23. The number of nitrogens with one attached hydrogen (secondary N) is 1. The van der Waals surface area contributed by atoms with Gasteiger partial charge in [-0.05, 0) is 69.7 Å². The van der Waals surface area contributed by atoms with Crippen molar-refractivity contribution in [2.75, 3.05) is 19.6 Å². The molecule has 0 aliphatic heterocycles. The normalized spacial score (nSPS) is 12.8. The summed E-state index contributed by atoms with van der Waals surface area (Å²) in [5.74, 6) is -1.41. The monoisotopic (exact) mass is 546 g/mol. The lowest BCUT2D eigenvalue weighted by molar-refractivity contribution is 0.0971. The van der Waals surface area contributed by atoms with Crippen molar-refractivity contribution in [1.29, 1.82) is 0 Å². The molecule has 3 N–H and O–H groups in total. The number of benzene rings is 2.